The van der Waals surface area contributed by atoms with Crippen LogP contribution in [0.3, 0.4) is 0 Å². The molecular formula is C34H37ClF5N11O3. The first-order valence-corrected chi connectivity index (χ1v) is 17.4. The molecule has 0 bridgehead atoms. The van der Waals surface area contributed by atoms with E-state index in [0.717, 1.165) is 28.8 Å². The van der Waals surface area contributed by atoms with Gasteiger partial charge in [0, 0.05) is 17.7 Å². The number of nitrogens with zero attached hydrogens (tertiary/aromatic N) is 9. The number of carbonyl (C=O) groups excluding carboxylic acids is 2. The van der Waals surface area contributed by atoms with Crippen LogP contribution in [0.25, 0.3) is 17.1 Å². The van der Waals surface area contributed by atoms with E-state index in [1.54, 1.807) is 12.1 Å². The van der Waals surface area contributed by atoms with E-state index in [2.05, 4.69) is 30.5 Å². The van der Waals surface area contributed by atoms with Crippen LogP contribution in [0.5, 0.6) is 0 Å². The minimum atomic E-state index is -4.73. The molecule has 2 aromatic carbocycles. The summed E-state index contributed by atoms with van der Waals surface area (Å²) in [6, 6.07) is 9.10. The van der Waals surface area contributed by atoms with Gasteiger partial charge in [-0.2, -0.15) is 23.1 Å². The average molecular weight is 778 g/mol. The Morgan fingerprint density at radius 1 is 1.13 bits per heavy atom. The van der Waals surface area contributed by atoms with Gasteiger partial charge in [-0.25, -0.2) is 23.2 Å². The second kappa shape index (κ2) is 14.9. The molecule has 54 heavy (non-hydrogen) atoms. The first-order chi connectivity index (χ1) is 25.5. The molecule has 6 rings (SSSR count). The van der Waals surface area contributed by atoms with Crippen LogP contribution in [-0.4, -0.2) is 82.7 Å². The Morgan fingerprint density at radius 3 is 2.44 bits per heavy atom. The normalized spacial score (nSPS) is 16.3. The highest BCUT2D eigenvalue weighted by atomic mass is 35.5. The molecule has 0 unspecified atom stereocenters. The van der Waals surface area contributed by atoms with Crippen LogP contribution in [0.4, 0.5) is 26.7 Å². The van der Waals surface area contributed by atoms with E-state index in [0.29, 0.717) is 17.8 Å². The van der Waals surface area contributed by atoms with Crippen molar-refractivity contribution in [2.75, 3.05) is 13.2 Å². The van der Waals surface area contributed by atoms with Crippen molar-refractivity contribution in [2.45, 2.75) is 83.1 Å². The highest BCUT2D eigenvalue weighted by Gasteiger charge is 2.64. The number of aromatic nitrogens is 7. The zero-order valence-corrected chi connectivity index (χ0v) is 30.2. The Morgan fingerprint density at radius 2 is 1.83 bits per heavy atom. The standard InChI is InChI=1S/C34H37ClF5N11O3/c1-32(2,3)14-15-42-30(41)49(29(52)20-6-4-19(5-7-20)27-46-48-51(47-27)22-9-10-22)25(17-54-31(53)45-33(12-13-33)34(38,39)40)21-8-11-23(35)24(16-21)50-28(26(36)37)43-18-44-50/h4-8,11,16,18,22,25-26H,9-10,12-15,17H2,1-3H3,(H2,41,42)(H,45,53)/t25-/m1/s1. The first-order valence-electron chi connectivity index (χ1n) is 17.0. The van der Waals surface area contributed by atoms with Gasteiger partial charge in [-0.05, 0) is 72.6 Å². The molecule has 20 heteroatoms. The molecule has 14 nitrogen and oxygen atoms in total. The Labute approximate surface area is 310 Å². The number of alkyl carbamates (subject to hydrolysis) is 1. The van der Waals surface area contributed by atoms with Gasteiger partial charge in [0.1, 0.15) is 18.5 Å². The molecule has 2 saturated carbocycles. The molecule has 2 aliphatic carbocycles. The van der Waals surface area contributed by atoms with Crippen LogP contribution < -0.4 is 11.1 Å². The lowest BCUT2D eigenvalue weighted by atomic mass is 9.92. The third kappa shape index (κ3) is 8.61. The maximum atomic E-state index is 14.5. The van der Waals surface area contributed by atoms with Crippen molar-refractivity contribution < 1.29 is 36.3 Å². The fraction of sp³-hybridized carbons (Fsp3) is 0.471. The van der Waals surface area contributed by atoms with Crippen molar-refractivity contribution in [3.05, 3.63) is 70.8 Å². The van der Waals surface area contributed by atoms with Crippen molar-refractivity contribution in [3.8, 4) is 17.1 Å². The number of guanidine groups is 1. The summed E-state index contributed by atoms with van der Waals surface area (Å²) in [5.41, 5.74) is 4.66. The Bertz CT molecular complexity index is 2020. The Kier molecular flexibility index (Phi) is 10.6. The Balaban J connectivity index is 1.39. The van der Waals surface area contributed by atoms with Gasteiger partial charge in [0.15, 0.2) is 11.8 Å². The highest BCUT2D eigenvalue weighted by Crippen LogP contribution is 2.49. The minimum absolute atomic E-state index is 0.0306. The number of hydrogen-bond donors (Lipinski definition) is 2. The fourth-order valence-corrected chi connectivity index (χ4v) is 5.68. The minimum Gasteiger partial charge on any atom is -0.447 e. The highest BCUT2D eigenvalue weighted by molar-refractivity contribution is 6.32. The monoisotopic (exact) mass is 777 g/mol. The number of carbonyl (C=O) groups is 2. The van der Waals surface area contributed by atoms with Gasteiger partial charge in [-0.15, -0.1) is 10.2 Å². The summed E-state index contributed by atoms with van der Waals surface area (Å²) in [5, 5.41) is 18.3. The summed E-state index contributed by atoms with van der Waals surface area (Å²) in [5.74, 6) is -1.43. The van der Waals surface area contributed by atoms with Crippen molar-refractivity contribution in [1.82, 2.24) is 45.2 Å². The molecule has 0 saturated heterocycles. The van der Waals surface area contributed by atoms with Gasteiger partial charge in [-0.1, -0.05) is 50.6 Å². The molecule has 2 aromatic heterocycles. The topological polar surface area (TPSA) is 171 Å². The largest absolute Gasteiger partial charge is 0.447 e. The molecule has 2 aliphatic rings. The number of nitrogens with two attached hydrogens (primary N) is 1. The van der Waals surface area contributed by atoms with E-state index in [9.17, 15) is 31.5 Å². The number of rotatable bonds is 12. The van der Waals surface area contributed by atoms with Gasteiger partial charge < -0.3 is 15.8 Å². The van der Waals surface area contributed by atoms with Crippen LogP contribution in [-0.2, 0) is 4.74 Å². The molecule has 3 N–H and O–H groups in total. The van der Waals surface area contributed by atoms with Crippen molar-refractivity contribution in [2.24, 2.45) is 16.1 Å². The summed E-state index contributed by atoms with van der Waals surface area (Å²) >= 11 is 6.44. The van der Waals surface area contributed by atoms with E-state index in [4.69, 9.17) is 22.1 Å². The maximum Gasteiger partial charge on any atom is 0.411 e. The molecule has 1 atom stereocenters. The lowest BCUT2D eigenvalue weighted by Gasteiger charge is -2.32. The SMILES string of the molecule is CC(C)(C)CCN=C(N)N(C(=O)c1ccc(-c2nnn(C3CC3)n2)cc1)[C@H](COC(=O)NC1(C(F)(F)F)CC1)c1ccc(Cl)c(-n2ncnc2C(F)F)c1. The van der Waals surface area contributed by atoms with E-state index >= 15 is 0 Å². The number of hydrogen-bond acceptors (Lipinski definition) is 9. The first kappa shape index (κ1) is 38.5. The number of ether oxygens (including phenoxy) is 1. The van der Waals surface area contributed by atoms with E-state index in [1.807, 2.05) is 26.1 Å². The summed E-state index contributed by atoms with van der Waals surface area (Å²) in [7, 11) is 0. The lowest BCUT2D eigenvalue weighted by Crippen LogP contribution is -2.49. The molecule has 2 amide bonds. The number of halogens is 6. The van der Waals surface area contributed by atoms with Gasteiger partial charge in [0.05, 0.1) is 22.8 Å². The number of tetrazole rings is 1. The number of alkyl halides is 5. The molecule has 2 fully saturated rings. The molecule has 0 aliphatic heterocycles. The Hall–Kier alpha value is -5.20. The second-order valence-electron chi connectivity index (χ2n) is 14.3. The van der Waals surface area contributed by atoms with Gasteiger partial charge in [-0.3, -0.25) is 14.7 Å². The van der Waals surface area contributed by atoms with Crippen LogP contribution in [0.2, 0.25) is 5.02 Å². The summed E-state index contributed by atoms with van der Waals surface area (Å²) in [6.45, 7) is 5.38. The zero-order valence-electron chi connectivity index (χ0n) is 29.4. The summed E-state index contributed by atoms with van der Waals surface area (Å²) in [6.07, 6.45) is -6.47. The smallest absolute Gasteiger partial charge is 0.411 e. The number of nitrogens with one attached hydrogen (secondary N) is 1. The third-order valence-corrected chi connectivity index (χ3v) is 9.28. The molecular weight excluding hydrogens is 741 g/mol. The second-order valence-corrected chi connectivity index (χ2v) is 14.7. The quantitative estimate of drug-likeness (QED) is 0.0914. The predicted octanol–water partition coefficient (Wildman–Crippen LogP) is 6.60. The van der Waals surface area contributed by atoms with Gasteiger partial charge >= 0.3 is 12.3 Å². The number of aliphatic imine (C=N–C) groups is 1. The predicted molar refractivity (Wildman–Crippen MR) is 185 cm³/mol. The van der Waals surface area contributed by atoms with Crippen molar-refractivity contribution >= 4 is 29.6 Å². The van der Waals surface area contributed by atoms with Crippen molar-refractivity contribution in [1.29, 1.82) is 0 Å². The molecule has 0 spiro atoms. The van der Waals surface area contributed by atoms with E-state index in [-0.39, 0.29) is 58.6 Å². The number of benzene rings is 2. The third-order valence-electron chi connectivity index (χ3n) is 8.96. The maximum absolute atomic E-state index is 14.5. The molecule has 288 valence electrons. The van der Waals surface area contributed by atoms with Crippen LogP contribution >= 0.6 is 11.6 Å². The fourth-order valence-electron chi connectivity index (χ4n) is 5.48. The van der Waals surface area contributed by atoms with Crippen molar-refractivity contribution in [3.63, 3.8) is 0 Å². The molecule has 0 radical (unpaired) electrons. The van der Waals surface area contributed by atoms with E-state index < -0.39 is 48.6 Å². The summed E-state index contributed by atoms with van der Waals surface area (Å²) < 4.78 is 75.0. The van der Waals surface area contributed by atoms with Crippen LogP contribution in [0.1, 0.15) is 93.1 Å². The van der Waals surface area contributed by atoms with Crippen LogP contribution in [0, 0.1) is 5.41 Å². The van der Waals surface area contributed by atoms with Crippen LogP contribution in [0.15, 0.2) is 53.8 Å². The molecule has 4 aromatic rings. The van der Waals surface area contributed by atoms with Gasteiger partial charge in [0.2, 0.25) is 5.82 Å². The molecule has 2 heterocycles. The number of amides is 2. The van der Waals surface area contributed by atoms with E-state index in [1.165, 1.54) is 35.1 Å². The van der Waals surface area contributed by atoms with Gasteiger partial charge in [0.25, 0.3) is 12.3 Å². The lowest BCUT2D eigenvalue weighted by molar-refractivity contribution is -0.164. The average Bonchev–Trinajstić information content (AvgIpc) is 4.00. The zero-order chi connectivity index (χ0) is 39.0. The summed E-state index contributed by atoms with van der Waals surface area (Å²) in [4.78, 5) is 38.0.